The molecule has 22 heavy (non-hydrogen) atoms. The lowest BCUT2D eigenvalue weighted by Crippen LogP contribution is -2.48. The molecule has 1 fully saturated rings. The minimum absolute atomic E-state index is 0.110. The molecule has 0 bridgehead atoms. The zero-order valence-electron chi connectivity index (χ0n) is 14.2. The van der Waals surface area contributed by atoms with Crippen molar-refractivity contribution >= 4 is 17.2 Å². The lowest BCUT2D eigenvalue weighted by atomic mass is 9.96. The van der Waals surface area contributed by atoms with Gasteiger partial charge in [0.15, 0.2) is 0 Å². The van der Waals surface area contributed by atoms with Crippen LogP contribution in [0.15, 0.2) is 5.38 Å². The first-order valence-corrected chi connectivity index (χ1v) is 9.26. The molecule has 1 aliphatic rings. The van der Waals surface area contributed by atoms with Crippen LogP contribution in [0.2, 0.25) is 0 Å². The second-order valence-corrected chi connectivity index (χ2v) is 8.01. The fourth-order valence-corrected chi connectivity index (χ4v) is 4.08. The summed E-state index contributed by atoms with van der Waals surface area (Å²) in [6.45, 7) is 10.2. The first-order valence-electron chi connectivity index (χ1n) is 8.38. The molecule has 0 aromatic carbocycles. The first-order chi connectivity index (χ1) is 10.4. The third kappa shape index (κ3) is 4.29. The number of carbonyl (C=O) groups excluding carboxylic acids is 1. The normalized spacial score (nSPS) is 20.7. The molecule has 0 aliphatic carbocycles. The summed E-state index contributed by atoms with van der Waals surface area (Å²) in [5.41, 5.74) is 7.24. The van der Waals surface area contributed by atoms with Crippen LogP contribution in [0.3, 0.4) is 0 Å². The zero-order valence-corrected chi connectivity index (χ0v) is 15.0. The topological polar surface area (TPSA) is 59.2 Å². The van der Waals surface area contributed by atoms with Crippen LogP contribution < -0.4 is 5.73 Å². The van der Waals surface area contributed by atoms with Gasteiger partial charge in [-0.3, -0.25) is 4.79 Å². The van der Waals surface area contributed by atoms with E-state index in [0.29, 0.717) is 17.8 Å². The highest BCUT2D eigenvalue weighted by Crippen LogP contribution is 2.31. The molecule has 2 atom stereocenters. The first kappa shape index (κ1) is 17.4. The van der Waals surface area contributed by atoms with Gasteiger partial charge in [-0.25, -0.2) is 4.98 Å². The number of hydrogen-bond donors (Lipinski definition) is 1. The molecule has 1 amide bonds. The maximum atomic E-state index is 12.5. The van der Waals surface area contributed by atoms with Gasteiger partial charge in [-0.2, -0.15) is 0 Å². The van der Waals surface area contributed by atoms with Crippen molar-refractivity contribution < 1.29 is 4.79 Å². The van der Waals surface area contributed by atoms with Gasteiger partial charge in [0.05, 0.1) is 16.7 Å². The highest BCUT2D eigenvalue weighted by molar-refractivity contribution is 7.09. The van der Waals surface area contributed by atoms with E-state index in [0.717, 1.165) is 32.4 Å². The average molecular weight is 324 g/mol. The number of rotatable bonds is 5. The predicted molar refractivity (Wildman–Crippen MR) is 92.2 cm³/mol. The lowest BCUT2D eigenvalue weighted by Gasteiger charge is -2.33. The van der Waals surface area contributed by atoms with Crippen LogP contribution in [0.4, 0.5) is 0 Å². The molecule has 1 saturated heterocycles. The van der Waals surface area contributed by atoms with Crippen LogP contribution in [0, 0.1) is 5.92 Å². The summed E-state index contributed by atoms with van der Waals surface area (Å²) in [6, 6.07) is -0.360. The summed E-state index contributed by atoms with van der Waals surface area (Å²) in [7, 11) is 0. The number of nitrogens with two attached hydrogens (primary N) is 1. The monoisotopic (exact) mass is 323 g/mol. The van der Waals surface area contributed by atoms with E-state index in [2.05, 4.69) is 33.1 Å². The minimum Gasteiger partial charge on any atom is -0.341 e. The summed E-state index contributed by atoms with van der Waals surface area (Å²) in [5, 5.41) is 3.34. The molecule has 1 unspecified atom stereocenters. The fraction of sp³-hybridized carbons (Fsp3) is 0.765. The van der Waals surface area contributed by atoms with Gasteiger partial charge < -0.3 is 10.6 Å². The SMILES string of the molecule is CC(C)C[C@H](N)C(=O)N1CCCC(c2nc(C(C)C)cs2)C1. The Kier molecular flexibility index (Phi) is 5.98. The van der Waals surface area contributed by atoms with E-state index in [4.69, 9.17) is 10.7 Å². The van der Waals surface area contributed by atoms with E-state index < -0.39 is 0 Å². The molecule has 4 nitrogen and oxygen atoms in total. The highest BCUT2D eigenvalue weighted by atomic mass is 32.1. The van der Waals surface area contributed by atoms with Crippen LogP contribution >= 0.6 is 11.3 Å². The molecule has 2 N–H and O–H groups in total. The summed E-state index contributed by atoms with van der Waals surface area (Å²) in [6.07, 6.45) is 2.92. The third-order valence-corrected chi connectivity index (χ3v) is 5.28. The quantitative estimate of drug-likeness (QED) is 0.904. The number of thiazole rings is 1. The summed E-state index contributed by atoms with van der Waals surface area (Å²) in [5.74, 6) is 1.40. The van der Waals surface area contributed by atoms with Gasteiger partial charge in [0.1, 0.15) is 0 Å². The number of aromatic nitrogens is 1. The molecule has 5 heteroatoms. The molecule has 124 valence electrons. The van der Waals surface area contributed by atoms with Crippen LogP contribution in [-0.4, -0.2) is 34.9 Å². The van der Waals surface area contributed by atoms with Gasteiger partial charge in [0.2, 0.25) is 5.91 Å². The lowest BCUT2D eigenvalue weighted by molar-refractivity contribution is -0.134. The molecule has 2 heterocycles. The van der Waals surface area contributed by atoms with E-state index in [1.165, 1.54) is 10.7 Å². The Labute approximate surface area is 138 Å². The maximum Gasteiger partial charge on any atom is 0.239 e. The number of hydrogen-bond acceptors (Lipinski definition) is 4. The van der Waals surface area contributed by atoms with Crippen molar-refractivity contribution in [3.63, 3.8) is 0 Å². The Morgan fingerprint density at radius 2 is 2.18 bits per heavy atom. The van der Waals surface area contributed by atoms with E-state index in [9.17, 15) is 4.79 Å². The molecule has 0 saturated carbocycles. The second kappa shape index (κ2) is 7.55. The Bertz CT molecular complexity index is 498. The van der Waals surface area contributed by atoms with Gasteiger partial charge in [-0.05, 0) is 31.1 Å². The van der Waals surface area contributed by atoms with E-state index >= 15 is 0 Å². The van der Waals surface area contributed by atoms with Crippen LogP contribution in [0.1, 0.15) is 69.5 Å². The van der Waals surface area contributed by atoms with E-state index in [1.807, 2.05) is 4.90 Å². The molecule has 2 rings (SSSR count). The second-order valence-electron chi connectivity index (χ2n) is 7.12. The van der Waals surface area contributed by atoms with Gasteiger partial charge in [0.25, 0.3) is 0 Å². The van der Waals surface area contributed by atoms with Crippen molar-refractivity contribution in [3.8, 4) is 0 Å². The average Bonchev–Trinajstić information content (AvgIpc) is 2.96. The summed E-state index contributed by atoms with van der Waals surface area (Å²) in [4.78, 5) is 19.2. The molecule has 0 spiro atoms. The van der Waals surface area contributed by atoms with Crippen LogP contribution in [0.5, 0.6) is 0 Å². The van der Waals surface area contributed by atoms with Crippen molar-refractivity contribution in [2.24, 2.45) is 11.7 Å². The van der Waals surface area contributed by atoms with E-state index in [-0.39, 0.29) is 11.9 Å². The number of piperidine rings is 1. The smallest absolute Gasteiger partial charge is 0.239 e. The zero-order chi connectivity index (χ0) is 16.3. The van der Waals surface area contributed by atoms with Gasteiger partial charge >= 0.3 is 0 Å². The number of nitrogens with zero attached hydrogens (tertiary/aromatic N) is 2. The summed E-state index contributed by atoms with van der Waals surface area (Å²) < 4.78 is 0. The van der Waals surface area contributed by atoms with E-state index in [1.54, 1.807) is 11.3 Å². The highest BCUT2D eigenvalue weighted by Gasteiger charge is 2.29. The van der Waals surface area contributed by atoms with Crippen molar-refractivity contribution in [3.05, 3.63) is 16.1 Å². The van der Waals surface area contributed by atoms with Crippen molar-refractivity contribution in [2.75, 3.05) is 13.1 Å². The van der Waals surface area contributed by atoms with Crippen molar-refractivity contribution in [1.29, 1.82) is 0 Å². The van der Waals surface area contributed by atoms with Gasteiger partial charge in [0, 0.05) is 24.4 Å². The number of amides is 1. The Morgan fingerprint density at radius 1 is 1.45 bits per heavy atom. The van der Waals surface area contributed by atoms with Gasteiger partial charge in [-0.15, -0.1) is 11.3 Å². The minimum atomic E-state index is -0.360. The largest absolute Gasteiger partial charge is 0.341 e. The standard InChI is InChI=1S/C17H29N3OS/c1-11(2)8-14(18)17(21)20-7-5-6-13(9-20)16-19-15(10-22-16)12(3)4/h10-14H,5-9,18H2,1-4H3/t13?,14-/m0/s1. The number of carbonyl (C=O) groups is 1. The Morgan fingerprint density at radius 3 is 2.77 bits per heavy atom. The summed E-state index contributed by atoms with van der Waals surface area (Å²) >= 11 is 1.74. The van der Waals surface area contributed by atoms with Crippen molar-refractivity contribution in [1.82, 2.24) is 9.88 Å². The maximum absolute atomic E-state index is 12.5. The van der Waals surface area contributed by atoms with Crippen LogP contribution in [0.25, 0.3) is 0 Å². The molecule has 1 aromatic heterocycles. The van der Waals surface area contributed by atoms with Gasteiger partial charge in [-0.1, -0.05) is 27.7 Å². The predicted octanol–water partition coefficient (Wildman–Crippen LogP) is 3.35. The molecule has 0 radical (unpaired) electrons. The third-order valence-electron chi connectivity index (χ3n) is 4.26. The van der Waals surface area contributed by atoms with Crippen LogP contribution in [-0.2, 0) is 4.79 Å². The van der Waals surface area contributed by atoms with Crippen molar-refractivity contribution in [2.45, 2.75) is 64.8 Å². The molecular weight excluding hydrogens is 294 g/mol. The Balaban J connectivity index is 2.00. The fourth-order valence-electron chi connectivity index (χ4n) is 2.98. The number of likely N-dealkylation sites (tertiary alicyclic amines) is 1. The molecule has 1 aliphatic heterocycles. The molecular formula is C17H29N3OS. The molecule has 1 aromatic rings. The Hall–Kier alpha value is -0.940.